The van der Waals surface area contributed by atoms with E-state index in [4.69, 9.17) is 0 Å². The molecule has 0 spiro atoms. The Hall–Kier alpha value is -1.15. The summed E-state index contributed by atoms with van der Waals surface area (Å²) in [6.07, 6.45) is 2.53. The van der Waals surface area contributed by atoms with Gasteiger partial charge in [0.05, 0.1) is 13.1 Å². The molecule has 0 aliphatic carbocycles. The van der Waals surface area contributed by atoms with Crippen LogP contribution in [0.1, 0.15) is 35.7 Å². The molecule has 0 radical (unpaired) electrons. The zero-order valence-electron chi connectivity index (χ0n) is 10.1. The molecule has 16 heavy (non-hydrogen) atoms. The molecule has 0 amide bonds. The molecular formula is C14H20NO+. The highest BCUT2D eigenvalue weighted by molar-refractivity contribution is 5.98. The third-order valence-corrected chi connectivity index (χ3v) is 3.59. The SMILES string of the molecule is Cc1ccc(C(=O)C(C)[NH+]2CCCC2)cc1. The average molecular weight is 218 g/mol. The Morgan fingerprint density at radius 1 is 1.19 bits per heavy atom. The highest BCUT2D eigenvalue weighted by Crippen LogP contribution is 2.06. The van der Waals surface area contributed by atoms with Crippen molar-refractivity contribution in [3.63, 3.8) is 0 Å². The minimum atomic E-state index is 0.116. The van der Waals surface area contributed by atoms with Crippen molar-refractivity contribution in [3.05, 3.63) is 35.4 Å². The Balaban J connectivity index is 2.08. The van der Waals surface area contributed by atoms with Gasteiger partial charge >= 0.3 is 0 Å². The fraction of sp³-hybridized carbons (Fsp3) is 0.500. The fourth-order valence-corrected chi connectivity index (χ4v) is 2.42. The maximum Gasteiger partial charge on any atom is 0.219 e. The molecule has 2 heteroatoms. The van der Waals surface area contributed by atoms with Gasteiger partial charge in [0.25, 0.3) is 0 Å². The zero-order valence-corrected chi connectivity index (χ0v) is 10.1. The molecule has 1 aromatic carbocycles. The Bertz CT molecular complexity index is 363. The first-order chi connectivity index (χ1) is 7.68. The van der Waals surface area contributed by atoms with Crippen LogP contribution in [0.3, 0.4) is 0 Å². The minimum Gasteiger partial charge on any atom is -0.326 e. The van der Waals surface area contributed by atoms with Gasteiger partial charge < -0.3 is 4.90 Å². The molecule has 1 heterocycles. The molecule has 1 aliphatic heterocycles. The summed E-state index contributed by atoms with van der Waals surface area (Å²) in [7, 11) is 0. The smallest absolute Gasteiger partial charge is 0.219 e. The fourth-order valence-electron chi connectivity index (χ4n) is 2.42. The van der Waals surface area contributed by atoms with Crippen LogP contribution in [0.4, 0.5) is 0 Å². The normalized spacial score (nSPS) is 18.6. The average Bonchev–Trinajstić information content (AvgIpc) is 2.81. The number of carbonyl (C=O) groups is 1. The van der Waals surface area contributed by atoms with E-state index in [-0.39, 0.29) is 11.8 Å². The van der Waals surface area contributed by atoms with Crippen LogP contribution in [0.5, 0.6) is 0 Å². The third-order valence-electron chi connectivity index (χ3n) is 3.59. The van der Waals surface area contributed by atoms with Gasteiger partial charge in [-0.1, -0.05) is 29.8 Å². The molecule has 86 valence electrons. The molecule has 1 N–H and O–H groups in total. The molecular weight excluding hydrogens is 198 g/mol. The van der Waals surface area contributed by atoms with Gasteiger partial charge in [0.2, 0.25) is 5.78 Å². The van der Waals surface area contributed by atoms with E-state index in [9.17, 15) is 4.79 Å². The van der Waals surface area contributed by atoms with Crippen LogP contribution < -0.4 is 4.90 Å². The van der Waals surface area contributed by atoms with E-state index in [1.807, 2.05) is 31.2 Å². The number of hydrogen-bond acceptors (Lipinski definition) is 1. The minimum absolute atomic E-state index is 0.116. The van der Waals surface area contributed by atoms with Gasteiger partial charge in [0, 0.05) is 18.4 Å². The lowest BCUT2D eigenvalue weighted by molar-refractivity contribution is -0.901. The standard InChI is InChI=1S/C14H19NO/c1-11-5-7-13(8-6-11)14(16)12(2)15-9-3-4-10-15/h5-8,12H,3-4,9-10H2,1-2H3/p+1. The number of benzene rings is 1. The number of aryl methyl sites for hydroxylation is 1. The number of likely N-dealkylation sites (tertiary alicyclic amines) is 1. The summed E-state index contributed by atoms with van der Waals surface area (Å²) in [5, 5.41) is 0. The molecule has 1 aromatic rings. The summed E-state index contributed by atoms with van der Waals surface area (Å²) in [6.45, 7) is 6.41. The number of carbonyl (C=O) groups excluding carboxylic acids is 1. The summed E-state index contributed by atoms with van der Waals surface area (Å²) < 4.78 is 0. The van der Waals surface area contributed by atoms with Crippen LogP contribution in [-0.2, 0) is 0 Å². The predicted molar refractivity (Wildman–Crippen MR) is 64.9 cm³/mol. The molecule has 2 nitrogen and oxygen atoms in total. The lowest BCUT2D eigenvalue weighted by atomic mass is 10.0. The second-order valence-electron chi connectivity index (χ2n) is 4.82. The van der Waals surface area contributed by atoms with Crippen LogP contribution in [0.25, 0.3) is 0 Å². The predicted octanol–water partition coefficient (Wildman–Crippen LogP) is 1.24. The lowest BCUT2D eigenvalue weighted by Gasteiger charge is -2.19. The van der Waals surface area contributed by atoms with Crippen molar-refractivity contribution in [3.8, 4) is 0 Å². The second kappa shape index (κ2) is 4.79. The molecule has 1 aliphatic rings. The van der Waals surface area contributed by atoms with E-state index in [0.29, 0.717) is 0 Å². The van der Waals surface area contributed by atoms with Gasteiger partial charge in [-0.05, 0) is 13.8 Å². The van der Waals surface area contributed by atoms with Crippen LogP contribution >= 0.6 is 0 Å². The Morgan fingerprint density at radius 2 is 1.75 bits per heavy atom. The van der Waals surface area contributed by atoms with Crippen molar-refractivity contribution in [1.82, 2.24) is 0 Å². The monoisotopic (exact) mass is 218 g/mol. The maximum atomic E-state index is 12.2. The first-order valence-corrected chi connectivity index (χ1v) is 6.14. The Labute approximate surface area is 97.3 Å². The van der Waals surface area contributed by atoms with Gasteiger partial charge in [-0.3, -0.25) is 4.79 Å². The number of rotatable bonds is 3. The highest BCUT2D eigenvalue weighted by Gasteiger charge is 2.28. The first-order valence-electron chi connectivity index (χ1n) is 6.14. The van der Waals surface area contributed by atoms with Crippen molar-refractivity contribution < 1.29 is 9.69 Å². The van der Waals surface area contributed by atoms with E-state index < -0.39 is 0 Å². The molecule has 1 fully saturated rings. The number of nitrogens with one attached hydrogen (secondary N) is 1. The van der Waals surface area contributed by atoms with Gasteiger partial charge in [-0.2, -0.15) is 0 Å². The number of ketones is 1. The quantitative estimate of drug-likeness (QED) is 0.758. The molecule has 0 bridgehead atoms. The molecule has 0 saturated carbocycles. The van der Waals surface area contributed by atoms with E-state index >= 15 is 0 Å². The van der Waals surface area contributed by atoms with Crippen molar-refractivity contribution in [2.45, 2.75) is 32.7 Å². The highest BCUT2D eigenvalue weighted by atomic mass is 16.1. The molecule has 1 atom stereocenters. The molecule has 0 aromatic heterocycles. The van der Waals surface area contributed by atoms with Crippen molar-refractivity contribution >= 4 is 5.78 Å². The van der Waals surface area contributed by atoms with Crippen LogP contribution in [-0.4, -0.2) is 24.9 Å². The van der Waals surface area contributed by atoms with Gasteiger partial charge in [-0.25, -0.2) is 0 Å². The van der Waals surface area contributed by atoms with Crippen LogP contribution in [0.15, 0.2) is 24.3 Å². The number of quaternary nitrogens is 1. The van der Waals surface area contributed by atoms with Crippen molar-refractivity contribution in [2.24, 2.45) is 0 Å². The third kappa shape index (κ3) is 2.33. The van der Waals surface area contributed by atoms with E-state index in [1.54, 1.807) is 0 Å². The van der Waals surface area contributed by atoms with Gasteiger partial charge in [0.15, 0.2) is 0 Å². The van der Waals surface area contributed by atoms with Gasteiger partial charge in [-0.15, -0.1) is 0 Å². The summed E-state index contributed by atoms with van der Waals surface area (Å²) >= 11 is 0. The zero-order chi connectivity index (χ0) is 11.5. The molecule has 1 saturated heterocycles. The van der Waals surface area contributed by atoms with E-state index in [0.717, 1.165) is 18.7 Å². The summed E-state index contributed by atoms with van der Waals surface area (Å²) in [4.78, 5) is 13.7. The lowest BCUT2D eigenvalue weighted by Crippen LogP contribution is -3.14. The Morgan fingerprint density at radius 3 is 2.31 bits per heavy atom. The number of hydrogen-bond donors (Lipinski definition) is 1. The largest absolute Gasteiger partial charge is 0.326 e. The number of Topliss-reactive ketones (excluding diaryl/α,β-unsaturated/α-hetero) is 1. The molecule has 2 rings (SSSR count). The maximum absolute atomic E-state index is 12.2. The van der Waals surface area contributed by atoms with Crippen molar-refractivity contribution in [1.29, 1.82) is 0 Å². The van der Waals surface area contributed by atoms with Gasteiger partial charge in [0.1, 0.15) is 6.04 Å². The molecule has 1 unspecified atom stereocenters. The topological polar surface area (TPSA) is 21.5 Å². The second-order valence-corrected chi connectivity index (χ2v) is 4.82. The first kappa shape index (κ1) is 11.3. The summed E-state index contributed by atoms with van der Waals surface area (Å²) in [6, 6.07) is 8.04. The van der Waals surface area contributed by atoms with Crippen LogP contribution in [0.2, 0.25) is 0 Å². The van der Waals surface area contributed by atoms with E-state index in [2.05, 4.69) is 6.92 Å². The summed E-state index contributed by atoms with van der Waals surface area (Å²) in [5.74, 6) is 0.289. The Kier molecular flexibility index (Phi) is 3.39. The van der Waals surface area contributed by atoms with Crippen LogP contribution in [0, 0.1) is 6.92 Å². The van der Waals surface area contributed by atoms with E-state index in [1.165, 1.54) is 23.3 Å². The summed E-state index contributed by atoms with van der Waals surface area (Å²) in [5.41, 5.74) is 2.07. The van der Waals surface area contributed by atoms with Crippen molar-refractivity contribution in [2.75, 3.05) is 13.1 Å².